The number of hydrogen-bond donors (Lipinski definition) is 1. The zero-order chi connectivity index (χ0) is 13.0. The molecule has 0 aliphatic rings. The third-order valence-corrected chi connectivity index (χ3v) is 2.82. The molecule has 0 saturated heterocycles. The number of ether oxygens (including phenoxy) is 1. The summed E-state index contributed by atoms with van der Waals surface area (Å²) in [5, 5.41) is 3.68. The largest absolute Gasteiger partial charge is 0.495 e. The molecule has 0 atom stereocenters. The minimum Gasteiger partial charge on any atom is -0.495 e. The first-order chi connectivity index (χ1) is 7.95. The zero-order valence-electron chi connectivity index (χ0n) is 10.5. The van der Waals surface area contributed by atoms with Crippen molar-refractivity contribution in [2.45, 2.75) is 6.92 Å². The summed E-state index contributed by atoms with van der Waals surface area (Å²) >= 11 is 5.99. The molecule has 0 saturated carbocycles. The Morgan fingerprint density at radius 3 is 2.65 bits per heavy atom. The summed E-state index contributed by atoms with van der Waals surface area (Å²) in [6.07, 6.45) is 0. The van der Waals surface area contributed by atoms with E-state index >= 15 is 0 Å². The van der Waals surface area contributed by atoms with Gasteiger partial charge in [0.1, 0.15) is 5.75 Å². The molecular weight excluding hydrogens is 240 g/mol. The van der Waals surface area contributed by atoms with E-state index < -0.39 is 0 Å². The van der Waals surface area contributed by atoms with Gasteiger partial charge in [-0.1, -0.05) is 11.6 Å². The van der Waals surface area contributed by atoms with Gasteiger partial charge in [-0.05, 0) is 18.6 Å². The van der Waals surface area contributed by atoms with Crippen LogP contribution in [0.2, 0.25) is 5.02 Å². The predicted molar refractivity (Wildman–Crippen MR) is 69.9 cm³/mol. The topological polar surface area (TPSA) is 41.6 Å². The second-order valence-corrected chi connectivity index (χ2v) is 4.35. The summed E-state index contributed by atoms with van der Waals surface area (Å²) in [5.74, 6) is 0.631. The lowest BCUT2D eigenvalue weighted by atomic mass is 10.2. The number of nitrogens with one attached hydrogen (secondary N) is 1. The number of likely N-dealkylation sites (N-methyl/N-ethyl adjacent to an activating group) is 1. The van der Waals surface area contributed by atoms with Crippen LogP contribution in [0.1, 0.15) is 5.56 Å². The van der Waals surface area contributed by atoms with Gasteiger partial charge in [-0.3, -0.25) is 4.79 Å². The molecule has 0 radical (unpaired) electrons. The predicted octanol–water partition coefficient (Wildman–Crippen LogP) is 2.16. The number of aryl methyl sites for hydroxylation is 1. The fourth-order valence-corrected chi connectivity index (χ4v) is 1.45. The molecule has 0 aromatic heterocycles. The number of methoxy groups -OCH3 is 1. The van der Waals surface area contributed by atoms with Crippen LogP contribution in [0.4, 0.5) is 5.69 Å². The van der Waals surface area contributed by atoms with Crippen LogP contribution >= 0.6 is 11.6 Å². The van der Waals surface area contributed by atoms with Gasteiger partial charge in [-0.15, -0.1) is 0 Å². The zero-order valence-corrected chi connectivity index (χ0v) is 11.3. The third kappa shape index (κ3) is 3.53. The number of amides is 1. The SMILES string of the molecule is COc1cc(Cl)c(C)cc1NCC(=O)N(C)C. The Labute approximate surface area is 107 Å². The lowest BCUT2D eigenvalue weighted by Gasteiger charge is -2.15. The standard InChI is InChI=1S/C12H17ClN2O2/c1-8-5-10(11(17-4)6-9(8)13)14-7-12(16)15(2)3/h5-6,14H,7H2,1-4H3. The maximum atomic E-state index is 11.5. The van der Waals surface area contributed by atoms with E-state index in [0.29, 0.717) is 10.8 Å². The van der Waals surface area contributed by atoms with Gasteiger partial charge in [0.2, 0.25) is 5.91 Å². The molecule has 4 nitrogen and oxygen atoms in total. The lowest BCUT2D eigenvalue weighted by molar-refractivity contribution is -0.126. The summed E-state index contributed by atoms with van der Waals surface area (Å²) in [7, 11) is 5.00. The molecule has 0 unspecified atom stereocenters. The first kappa shape index (κ1) is 13.6. The van der Waals surface area contributed by atoms with Crippen molar-refractivity contribution >= 4 is 23.2 Å². The quantitative estimate of drug-likeness (QED) is 0.898. The van der Waals surface area contributed by atoms with Gasteiger partial charge in [0.25, 0.3) is 0 Å². The van der Waals surface area contributed by atoms with Crippen LogP contribution in [0.15, 0.2) is 12.1 Å². The molecule has 1 N–H and O–H groups in total. The van der Waals surface area contributed by atoms with Crippen LogP contribution in [0.25, 0.3) is 0 Å². The highest BCUT2D eigenvalue weighted by Gasteiger charge is 2.09. The minimum absolute atomic E-state index is 0.000318. The molecule has 1 aromatic rings. The van der Waals surface area contributed by atoms with Crippen molar-refractivity contribution in [2.24, 2.45) is 0 Å². The van der Waals surface area contributed by atoms with E-state index in [2.05, 4.69) is 5.32 Å². The van der Waals surface area contributed by atoms with Crippen molar-refractivity contribution in [1.82, 2.24) is 4.90 Å². The van der Waals surface area contributed by atoms with E-state index in [9.17, 15) is 4.79 Å². The minimum atomic E-state index is -0.000318. The molecule has 17 heavy (non-hydrogen) atoms. The number of nitrogens with zero attached hydrogens (tertiary/aromatic N) is 1. The lowest BCUT2D eigenvalue weighted by Crippen LogP contribution is -2.28. The number of benzene rings is 1. The number of halogens is 1. The Hall–Kier alpha value is -1.42. The maximum absolute atomic E-state index is 11.5. The van der Waals surface area contributed by atoms with Gasteiger partial charge in [0, 0.05) is 25.2 Å². The highest BCUT2D eigenvalue weighted by atomic mass is 35.5. The van der Waals surface area contributed by atoms with E-state index in [-0.39, 0.29) is 12.5 Å². The number of carbonyl (C=O) groups is 1. The van der Waals surface area contributed by atoms with Crippen molar-refractivity contribution in [3.8, 4) is 5.75 Å². The molecule has 0 bridgehead atoms. The number of hydrogen-bond acceptors (Lipinski definition) is 3. The molecule has 5 heteroatoms. The van der Waals surface area contributed by atoms with E-state index in [1.807, 2.05) is 13.0 Å². The van der Waals surface area contributed by atoms with Gasteiger partial charge >= 0.3 is 0 Å². The average molecular weight is 257 g/mol. The molecule has 0 spiro atoms. The molecule has 94 valence electrons. The molecule has 0 aliphatic carbocycles. The van der Waals surface area contributed by atoms with Crippen LogP contribution in [0.5, 0.6) is 5.75 Å². The summed E-state index contributed by atoms with van der Waals surface area (Å²) in [6.45, 7) is 2.13. The van der Waals surface area contributed by atoms with E-state index in [1.165, 1.54) is 4.90 Å². The van der Waals surface area contributed by atoms with E-state index in [0.717, 1.165) is 11.3 Å². The Balaban J connectivity index is 2.83. The molecule has 0 heterocycles. The smallest absolute Gasteiger partial charge is 0.241 e. The molecule has 0 fully saturated rings. The first-order valence-corrected chi connectivity index (χ1v) is 5.61. The number of carbonyl (C=O) groups excluding carboxylic acids is 1. The van der Waals surface area contributed by atoms with Crippen LogP contribution in [-0.2, 0) is 4.79 Å². The van der Waals surface area contributed by atoms with E-state index in [1.54, 1.807) is 27.3 Å². The van der Waals surface area contributed by atoms with Crippen LogP contribution < -0.4 is 10.1 Å². The van der Waals surface area contributed by atoms with Crippen LogP contribution in [0, 0.1) is 6.92 Å². The van der Waals surface area contributed by atoms with Gasteiger partial charge < -0.3 is 15.0 Å². The second-order valence-electron chi connectivity index (χ2n) is 3.94. The monoisotopic (exact) mass is 256 g/mol. The molecule has 1 rings (SSSR count). The Bertz CT molecular complexity index is 419. The summed E-state index contributed by atoms with van der Waals surface area (Å²) < 4.78 is 5.20. The highest BCUT2D eigenvalue weighted by Crippen LogP contribution is 2.30. The van der Waals surface area contributed by atoms with Gasteiger partial charge in [-0.25, -0.2) is 0 Å². The average Bonchev–Trinajstić information content (AvgIpc) is 2.29. The molecule has 1 aromatic carbocycles. The Morgan fingerprint density at radius 2 is 2.12 bits per heavy atom. The van der Waals surface area contributed by atoms with Crippen molar-refractivity contribution in [3.63, 3.8) is 0 Å². The van der Waals surface area contributed by atoms with Crippen molar-refractivity contribution < 1.29 is 9.53 Å². The molecular formula is C12H17ClN2O2. The third-order valence-electron chi connectivity index (χ3n) is 2.41. The highest BCUT2D eigenvalue weighted by molar-refractivity contribution is 6.31. The van der Waals surface area contributed by atoms with Gasteiger partial charge in [0.15, 0.2) is 0 Å². The van der Waals surface area contributed by atoms with Crippen LogP contribution in [0.3, 0.4) is 0 Å². The molecule has 1 amide bonds. The fraction of sp³-hybridized carbons (Fsp3) is 0.417. The van der Waals surface area contributed by atoms with Gasteiger partial charge in [0.05, 0.1) is 19.3 Å². The Morgan fingerprint density at radius 1 is 1.47 bits per heavy atom. The summed E-state index contributed by atoms with van der Waals surface area (Å²) in [5.41, 5.74) is 1.71. The summed E-state index contributed by atoms with van der Waals surface area (Å²) in [4.78, 5) is 13.0. The van der Waals surface area contributed by atoms with Crippen molar-refractivity contribution in [1.29, 1.82) is 0 Å². The number of rotatable bonds is 4. The Kier molecular flexibility index (Phi) is 4.63. The van der Waals surface area contributed by atoms with Crippen molar-refractivity contribution in [2.75, 3.05) is 33.1 Å². The molecule has 0 aliphatic heterocycles. The summed E-state index contributed by atoms with van der Waals surface area (Å²) in [6, 6.07) is 3.60. The van der Waals surface area contributed by atoms with Crippen molar-refractivity contribution in [3.05, 3.63) is 22.7 Å². The van der Waals surface area contributed by atoms with Crippen LogP contribution in [-0.4, -0.2) is 38.6 Å². The maximum Gasteiger partial charge on any atom is 0.241 e. The second kappa shape index (κ2) is 5.77. The number of anilines is 1. The van der Waals surface area contributed by atoms with Gasteiger partial charge in [-0.2, -0.15) is 0 Å². The fourth-order valence-electron chi connectivity index (χ4n) is 1.30. The van der Waals surface area contributed by atoms with E-state index in [4.69, 9.17) is 16.3 Å². The normalized spacial score (nSPS) is 9.94. The first-order valence-electron chi connectivity index (χ1n) is 5.24.